The van der Waals surface area contributed by atoms with Gasteiger partial charge in [0, 0.05) is 0 Å². The van der Waals surface area contributed by atoms with Crippen molar-refractivity contribution >= 4 is 21.9 Å². The summed E-state index contributed by atoms with van der Waals surface area (Å²) in [4.78, 5) is 23.9. The van der Waals surface area contributed by atoms with E-state index in [4.69, 9.17) is 0 Å². The Bertz CT molecular complexity index is 621. The Morgan fingerprint density at radius 2 is 1.39 bits per heavy atom. The molecule has 6 nitrogen and oxygen atoms in total. The highest BCUT2D eigenvalue weighted by atomic mass is 32.2. The van der Waals surface area contributed by atoms with Crippen LogP contribution in [-0.2, 0) is 14.4 Å². The predicted octanol–water partition coefficient (Wildman–Crippen LogP) is 0.791. The topological polar surface area (TPSA) is 80.8 Å². The van der Waals surface area contributed by atoms with Gasteiger partial charge in [-0.05, 0) is 25.0 Å². The summed E-state index contributed by atoms with van der Waals surface area (Å²) in [6.45, 7) is 3.35. The van der Waals surface area contributed by atoms with Gasteiger partial charge in [-0.25, -0.2) is 0 Å². The number of hydrogen-bond donors (Lipinski definition) is 0. The lowest BCUT2D eigenvalue weighted by Crippen LogP contribution is -2.32. The van der Waals surface area contributed by atoms with E-state index in [0.29, 0.717) is 16.2 Å². The van der Waals surface area contributed by atoms with Crippen LogP contribution in [-0.4, -0.2) is 31.6 Å². The number of amides is 2. The quantitative estimate of drug-likeness (QED) is 0.741. The van der Waals surface area contributed by atoms with Gasteiger partial charge in [-0.15, -0.1) is 9.35 Å². The molecule has 0 unspecified atom stereocenters. The first-order chi connectivity index (χ1) is 8.22. The molecule has 0 spiro atoms. The van der Waals surface area contributed by atoms with E-state index in [1.165, 1.54) is 0 Å². The molecular formula is C11H11NO5S. The standard InChI is InChI=1S/C11H11NO5S/c1-6-4-5-7(2)9-8(6)10(13)12(11(9)14)17-18(3,15)16/h4-5H,1-3H3. The molecule has 0 bridgehead atoms. The summed E-state index contributed by atoms with van der Waals surface area (Å²) in [5, 5.41) is 0.292. The SMILES string of the molecule is Cc1ccc(C)c2c1C(=O)N(OS(C)(=O)=O)C2=O. The summed E-state index contributed by atoms with van der Waals surface area (Å²) in [5.74, 6) is -1.50. The second kappa shape index (κ2) is 3.89. The number of nitrogens with zero attached hydrogens (tertiary/aromatic N) is 1. The highest BCUT2D eigenvalue weighted by Crippen LogP contribution is 2.29. The number of carbonyl (C=O) groups is 2. The molecule has 0 saturated heterocycles. The summed E-state index contributed by atoms with van der Waals surface area (Å²) in [7, 11) is -3.93. The zero-order valence-corrected chi connectivity index (χ0v) is 10.9. The van der Waals surface area contributed by atoms with E-state index in [1.54, 1.807) is 26.0 Å². The maximum Gasteiger partial charge on any atom is 0.287 e. The molecule has 2 amide bonds. The number of carbonyl (C=O) groups excluding carboxylic acids is 2. The summed E-state index contributed by atoms with van der Waals surface area (Å²) >= 11 is 0. The Morgan fingerprint density at radius 1 is 1.00 bits per heavy atom. The second-order valence-corrected chi connectivity index (χ2v) is 5.69. The van der Waals surface area contributed by atoms with Crippen LogP contribution in [0.2, 0.25) is 0 Å². The van der Waals surface area contributed by atoms with Crippen molar-refractivity contribution < 1.29 is 22.3 Å². The average molecular weight is 269 g/mol. The average Bonchev–Trinajstić information content (AvgIpc) is 2.48. The lowest BCUT2D eigenvalue weighted by atomic mass is 9.99. The third kappa shape index (κ3) is 1.91. The number of imide groups is 1. The highest BCUT2D eigenvalue weighted by molar-refractivity contribution is 7.85. The number of rotatable bonds is 2. The molecule has 1 aliphatic heterocycles. The van der Waals surface area contributed by atoms with Crippen molar-refractivity contribution in [2.75, 3.05) is 6.26 Å². The molecule has 0 aliphatic carbocycles. The van der Waals surface area contributed by atoms with E-state index in [2.05, 4.69) is 4.28 Å². The Hall–Kier alpha value is -1.73. The zero-order valence-electron chi connectivity index (χ0n) is 10.1. The Balaban J connectivity index is 2.57. The monoisotopic (exact) mass is 269 g/mol. The van der Waals surface area contributed by atoms with Crippen molar-refractivity contribution in [2.24, 2.45) is 0 Å². The van der Waals surface area contributed by atoms with Gasteiger partial charge >= 0.3 is 0 Å². The van der Waals surface area contributed by atoms with E-state index >= 15 is 0 Å². The molecule has 0 saturated carbocycles. The Kier molecular flexibility index (Phi) is 2.75. The first kappa shape index (κ1) is 12.7. The number of benzene rings is 1. The van der Waals surface area contributed by atoms with Gasteiger partial charge in [-0.3, -0.25) is 9.59 Å². The van der Waals surface area contributed by atoms with Crippen molar-refractivity contribution in [1.29, 1.82) is 0 Å². The highest BCUT2D eigenvalue weighted by Gasteiger charge is 2.41. The summed E-state index contributed by atoms with van der Waals surface area (Å²) in [6.07, 6.45) is 0.774. The van der Waals surface area contributed by atoms with E-state index in [0.717, 1.165) is 6.26 Å². The van der Waals surface area contributed by atoms with Crippen molar-refractivity contribution in [2.45, 2.75) is 13.8 Å². The lowest BCUT2D eigenvalue weighted by molar-refractivity contribution is -0.00984. The van der Waals surface area contributed by atoms with Gasteiger partial charge in [0.2, 0.25) is 0 Å². The number of fused-ring (bicyclic) bond motifs is 1. The smallest absolute Gasteiger partial charge is 0.266 e. The molecule has 96 valence electrons. The second-order valence-electron chi connectivity index (χ2n) is 4.13. The minimum Gasteiger partial charge on any atom is -0.266 e. The Labute approximate surface area is 104 Å². The molecule has 18 heavy (non-hydrogen) atoms. The molecule has 0 radical (unpaired) electrons. The van der Waals surface area contributed by atoms with Crippen LogP contribution in [0, 0.1) is 13.8 Å². The maximum absolute atomic E-state index is 12.0. The molecular weight excluding hydrogens is 258 g/mol. The minimum atomic E-state index is -3.93. The van der Waals surface area contributed by atoms with Crippen LogP contribution in [0.4, 0.5) is 0 Å². The van der Waals surface area contributed by atoms with Crippen LogP contribution in [0.1, 0.15) is 31.8 Å². The molecule has 0 atom stereocenters. The van der Waals surface area contributed by atoms with Crippen molar-refractivity contribution in [1.82, 2.24) is 5.06 Å². The fourth-order valence-electron chi connectivity index (χ4n) is 1.86. The Morgan fingerprint density at radius 3 is 1.72 bits per heavy atom. The fourth-order valence-corrected chi connectivity index (χ4v) is 2.27. The maximum atomic E-state index is 12.0. The first-order valence-corrected chi connectivity index (χ1v) is 6.92. The first-order valence-electron chi connectivity index (χ1n) is 5.11. The van der Waals surface area contributed by atoms with Crippen molar-refractivity contribution in [3.63, 3.8) is 0 Å². The summed E-state index contributed by atoms with van der Waals surface area (Å²) in [6, 6.07) is 3.40. The van der Waals surface area contributed by atoms with Crippen molar-refractivity contribution in [3.05, 3.63) is 34.4 Å². The normalized spacial score (nSPS) is 15.2. The van der Waals surface area contributed by atoms with Gasteiger partial charge in [0.05, 0.1) is 17.4 Å². The largest absolute Gasteiger partial charge is 0.287 e. The van der Waals surface area contributed by atoms with E-state index in [1.807, 2.05) is 0 Å². The van der Waals surface area contributed by atoms with Crippen LogP contribution in [0.3, 0.4) is 0 Å². The predicted molar refractivity (Wildman–Crippen MR) is 62.3 cm³/mol. The van der Waals surface area contributed by atoms with Crippen LogP contribution in [0.25, 0.3) is 0 Å². The molecule has 7 heteroatoms. The van der Waals surface area contributed by atoms with Crippen molar-refractivity contribution in [3.8, 4) is 0 Å². The van der Waals surface area contributed by atoms with E-state index in [9.17, 15) is 18.0 Å². The molecule has 0 fully saturated rings. The molecule has 1 aromatic rings. The molecule has 1 aliphatic rings. The van der Waals surface area contributed by atoms with Gasteiger partial charge < -0.3 is 0 Å². The summed E-state index contributed by atoms with van der Waals surface area (Å²) < 4.78 is 26.5. The molecule has 0 N–H and O–H groups in total. The number of hydroxylamine groups is 2. The number of aryl methyl sites for hydroxylation is 2. The summed E-state index contributed by atoms with van der Waals surface area (Å²) in [5.41, 5.74) is 1.61. The molecule has 1 heterocycles. The zero-order chi connectivity index (χ0) is 13.7. The van der Waals surface area contributed by atoms with Crippen LogP contribution < -0.4 is 0 Å². The van der Waals surface area contributed by atoms with E-state index < -0.39 is 21.9 Å². The van der Waals surface area contributed by atoms with Gasteiger partial charge in [0.15, 0.2) is 0 Å². The van der Waals surface area contributed by atoms with Gasteiger partial charge in [0.1, 0.15) is 0 Å². The van der Waals surface area contributed by atoms with Gasteiger partial charge in [-0.1, -0.05) is 12.1 Å². The lowest BCUT2D eigenvalue weighted by Gasteiger charge is -2.10. The third-order valence-corrected chi connectivity index (χ3v) is 3.05. The molecule has 1 aromatic carbocycles. The molecule has 2 rings (SSSR count). The van der Waals surface area contributed by atoms with Gasteiger partial charge in [-0.2, -0.15) is 8.42 Å². The van der Waals surface area contributed by atoms with Crippen LogP contribution in [0.15, 0.2) is 12.1 Å². The van der Waals surface area contributed by atoms with E-state index in [-0.39, 0.29) is 11.1 Å². The number of hydrogen-bond acceptors (Lipinski definition) is 5. The molecule has 0 aromatic heterocycles. The van der Waals surface area contributed by atoms with Gasteiger partial charge in [0.25, 0.3) is 21.9 Å². The van der Waals surface area contributed by atoms with Crippen LogP contribution >= 0.6 is 0 Å². The minimum absolute atomic E-state index is 0.198. The third-order valence-electron chi connectivity index (χ3n) is 2.63. The fraction of sp³-hybridized carbons (Fsp3) is 0.273. The van der Waals surface area contributed by atoms with Crippen LogP contribution in [0.5, 0.6) is 0 Å².